The van der Waals surface area contributed by atoms with Crippen molar-refractivity contribution >= 4 is 0 Å². The highest BCUT2D eigenvalue weighted by Gasteiger charge is 2.24. The molecule has 0 radical (unpaired) electrons. The predicted octanol–water partition coefficient (Wildman–Crippen LogP) is 2.57. The molecule has 0 bridgehead atoms. The van der Waals surface area contributed by atoms with E-state index in [-0.39, 0.29) is 0 Å². The summed E-state index contributed by atoms with van der Waals surface area (Å²) in [5.74, 6) is 1.01. The van der Waals surface area contributed by atoms with Crippen molar-refractivity contribution in [1.29, 1.82) is 0 Å². The molecule has 3 heteroatoms. The number of aryl methyl sites for hydroxylation is 1. The summed E-state index contributed by atoms with van der Waals surface area (Å²) < 4.78 is 1.98. The van der Waals surface area contributed by atoms with Gasteiger partial charge in [-0.15, -0.1) is 0 Å². The number of nitrogens with one attached hydrogen (secondary N) is 1. The van der Waals surface area contributed by atoms with Gasteiger partial charge in [-0.1, -0.05) is 19.8 Å². The summed E-state index contributed by atoms with van der Waals surface area (Å²) in [5.41, 5.74) is 1.30. The molecule has 1 aromatic rings. The van der Waals surface area contributed by atoms with Gasteiger partial charge >= 0.3 is 0 Å². The van der Waals surface area contributed by atoms with Gasteiger partial charge < -0.3 is 5.32 Å². The molecular weight excluding hydrogens is 198 g/mol. The molecule has 1 aliphatic rings. The Kier molecular flexibility index (Phi) is 3.99. The van der Waals surface area contributed by atoms with Crippen LogP contribution in [0.5, 0.6) is 0 Å². The summed E-state index contributed by atoms with van der Waals surface area (Å²) in [7, 11) is 0. The molecule has 1 aromatic heterocycles. The van der Waals surface area contributed by atoms with Crippen LogP contribution in [0.4, 0.5) is 0 Å². The van der Waals surface area contributed by atoms with Crippen molar-refractivity contribution < 1.29 is 0 Å². The van der Waals surface area contributed by atoms with Crippen LogP contribution in [0.25, 0.3) is 0 Å². The van der Waals surface area contributed by atoms with Crippen LogP contribution in [0, 0.1) is 5.92 Å². The van der Waals surface area contributed by atoms with Crippen molar-refractivity contribution in [2.45, 2.75) is 58.7 Å². The van der Waals surface area contributed by atoms with Crippen LogP contribution in [-0.4, -0.2) is 15.8 Å². The maximum atomic E-state index is 4.29. The first-order chi connectivity index (χ1) is 7.81. The van der Waals surface area contributed by atoms with E-state index < -0.39 is 0 Å². The standard InChI is InChI=1S/C13H23N3/c1-3-13(7-11-5-6-11)14-8-12-9-15-16(4-2)10-12/h9-11,13-14H,3-8H2,1-2H3. The number of rotatable bonds is 7. The average Bonchev–Trinajstić information content (AvgIpc) is 3.00. The van der Waals surface area contributed by atoms with E-state index in [0.717, 1.165) is 19.0 Å². The second-order valence-electron chi connectivity index (χ2n) is 4.87. The summed E-state index contributed by atoms with van der Waals surface area (Å²) in [5, 5.41) is 7.93. The summed E-state index contributed by atoms with van der Waals surface area (Å²) in [4.78, 5) is 0. The fourth-order valence-corrected chi connectivity index (χ4v) is 2.08. The van der Waals surface area contributed by atoms with Gasteiger partial charge in [-0.05, 0) is 25.7 Å². The van der Waals surface area contributed by atoms with Crippen LogP contribution in [0.3, 0.4) is 0 Å². The van der Waals surface area contributed by atoms with Crippen LogP contribution < -0.4 is 5.32 Å². The molecule has 0 aliphatic heterocycles. The van der Waals surface area contributed by atoms with Crippen LogP contribution in [-0.2, 0) is 13.1 Å². The lowest BCUT2D eigenvalue weighted by atomic mass is 10.1. The van der Waals surface area contributed by atoms with Gasteiger partial charge in [0.25, 0.3) is 0 Å². The van der Waals surface area contributed by atoms with Crippen LogP contribution >= 0.6 is 0 Å². The first-order valence-electron chi connectivity index (χ1n) is 6.56. The third-order valence-corrected chi connectivity index (χ3v) is 3.41. The van der Waals surface area contributed by atoms with Crippen molar-refractivity contribution in [1.82, 2.24) is 15.1 Å². The maximum absolute atomic E-state index is 4.29. The molecule has 1 heterocycles. The van der Waals surface area contributed by atoms with Gasteiger partial charge in [0.15, 0.2) is 0 Å². The lowest BCUT2D eigenvalue weighted by Crippen LogP contribution is -2.28. The zero-order valence-electron chi connectivity index (χ0n) is 10.4. The third kappa shape index (κ3) is 3.34. The highest BCUT2D eigenvalue weighted by atomic mass is 15.3. The fraction of sp³-hybridized carbons (Fsp3) is 0.769. The minimum atomic E-state index is 0.692. The molecular formula is C13H23N3. The Bertz CT molecular complexity index is 315. The molecule has 1 aliphatic carbocycles. The van der Waals surface area contributed by atoms with Gasteiger partial charge in [0, 0.05) is 30.9 Å². The molecule has 1 fully saturated rings. The van der Waals surface area contributed by atoms with Gasteiger partial charge in [0.05, 0.1) is 6.20 Å². The molecule has 3 nitrogen and oxygen atoms in total. The number of aromatic nitrogens is 2. The van der Waals surface area contributed by atoms with Crippen molar-refractivity contribution in [2.24, 2.45) is 5.92 Å². The Balaban J connectivity index is 1.75. The molecule has 1 unspecified atom stereocenters. The number of hydrogen-bond donors (Lipinski definition) is 1. The third-order valence-electron chi connectivity index (χ3n) is 3.41. The van der Waals surface area contributed by atoms with Gasteiger partial charge in [-0.3, -0.25) is 4.68 Å². The van der Waals surface area contributed by atoms with Crippen LogP contribution in [0.15, 0.2) is 12.4 Å². The van der Waals surface area contributed by atoms with E-state index in [2.05, 4.69) is 30.5 Å². The second kappa shape index (κ2) is 5.48. The van der Waals surface area contributed by atoms with E-state index in [9.17, 15) is 0 Å². The Hall–Kier alpha value is -0.830. The number of nitrogens with zero attached hydrogens (tertiary/aromatic N) is 2. The average molecular weight is 221 g/mol. The first kappa shape index (κ1) is 11.6. The van der Waals surface area contributed by atoms with Crippen molar-refractivity contribution in [2.75, 3.05) is 0 Å². The van der Waals surface area contributed by atoms with E-state index in [1.165, 1.54) is 31.2 Å². The lowest BCUT2D eigenvalue weighted by Gasteiger charge is -2.15. The summed E-state index contributed by atoms with van der Waals surface area (Å²) in [6.45, 7) is 6.31. The molecule has 1 N–H and O–H groups in total. The highest BCUT2D eigenvalue weighted by molar-refractivity contribution is 5.03. The minimum absolute atomic E-state index is 0.692. The van der Waals surface area contributed by atoms with Crippen molar-refractivity contribution in [3.05, 3.63) is 18.0 Å². The molecule has 90 valence electrons. The molecule has 2 rings (SSSR count). The minimum Gasteiger partial charge on any atom is -0.310 e. The van der Waals surface area contributed by atoms with Gasteiger partial charge in [0.2, 0.25) is 0 Å². The first-order valence-corrected chi connectivity index (χ1v) is 6.56. The van der Waals surface area contributed by atoms with E-state index in [1.807, 2.05) is 10.9 Å². The van der Waals surface area contributed by atoms with Crippen molar-refractivity contribution in [3.63, 3.8) is 0 Å². The topological polar surface area (TPSA) is 29.9 Å². The monoisotopic (exact) mass is 221 g/mol. The lowest BCUT2D eigenvalue weighted by molar-refractivity contribution is 0.445. The van der Waals surface area contributed by atoms with E-state index in [1.54, 1.807) is 0 Å². The molecule has 0 spiro atoms. The fourth-order valence-electron chi connectivity index (χ4n) is 2.08. The molecule has 1 atom stereocenters. The Morgan fingerprint density at radius 2 is 2.31 bits per heavy atom. The zero-order chi connectivity index (χ0) is 11.4. The predicted molar refractivity (Wildman–Crippen MR) is 66.2 cm³/mol. The Labute approximate surface area is 98.2 Å². The van der Waals surface area contributed by atoms with E-state index >= 15 is 0 Å². The summed E-state index contributed by atoms with van der Waals surface area (Å²) in [6.07, 6.45) is 9.60. The smallest absolute Gasteiger partial charge is 0.0534 e. The van der Waals surface area contributed by atoms with Crippen LogP contribution in [0.1, 0.15) is 45.1 Å². The van der Waals surface area contributed by atoms with Gasteiger partial charge in [-0.2, -0.15) is 5.10 Å². The van der Waals surface area contributed by atoms with E-state index in [4.69, 9.17) is 0 Å². The molecule has 16 heavy (non-hydrogen) atoms. The van der Waals surface area contributed by atoms with Crippen molar-refractivity contribution in [3.8, 4) is 0 Å². The van der Waals surface area contributed by atoms with Gasteiger partial charge in [-0.25, -0.2) is 0 Å². The molecule has 1 saturated carbocycles. The second-order valence-corrected chi connectivity index (χ2v) is 4.87. The SMILES string of the molecule is CCC(CC1CC1)NCc1cnn(CC)c1. The summed E-state index contributed by atoms with van der Waals surface area (Å²) in [6, 6.07) is 0.692. The van der Waals surface area contributed by atoms with E-state index in [0.29, 0.717) is 6.04 Å². The normalized spacial score (nSPS) is 17.6. The molecule has 0 saturated heterocycles. The number of hydrogen-bond acceptors (Lipinski definition) is 2. The Morgan fingerprint density at radius 1 is 1.50 bits per heavy atom. The summed E-state index contributed by atoms with van der Waals surface area (Å²) >= 11 is 0. The largest absolute Gasteiger partial charge is 0.310 e. The molecule has 0 amide bonds. The van der Waals surface area contributed by atoms with Crippen LogP contribution in [0.2, 0.25) is 0 Å². The zero-order valence-corrected chi connectivity index (χ0v) is 10.4. The van der Waals surface area contributed by atoms with Gasteiger partial charge in [0.1, 0.15) is 0 Å². The quantitative estimate of drug-likeness (QED) is 0.767. The maximum Gasteiger partial charge on any atom is 0.0534 e. The highest BCUT2D eigenvalue weighted by Crippen LogP contribution is 2.34. The Morgan fingerprint density at radius 3 is 2.88 bits per heavy atom. The molecule has 0 aromatic carbocycles.